The van der Waals surface area contributed by atoms with Crippen molar-refractivity contribution in [3.63, 3.8) is 0 Å². The van der Waals surface area contributed by atoms with Crippen LogP contribution in [0.4, 0.5) is 5.69 Å². The van der Waals surface area contributed by atoms with Gasteiger partial charge >= 0.3 is 0 Å². The molecule has 138 valence electrons. The number of amides is 2. The minimum atomic E-state index is -0.366. The lowest BCUT2D eigenvalue weighted by Gasteiger charge is -2.06. The maximum atomic E-state index is 11.9. The van der Waals surface area contributed by atoms with Crippen LogP contribution in [0.2, 0.25) is 5.02 Å². The Bertz CT molecular complexity index is 858. The van der Waals surface area contributed by atoms with Crippen LogP contribution < -0.4 is 15.5 Å². The van der Waals surface area contributed by atoms with E-state index >= 15 is 0 Å². The number of hydrogen-bond acceptors (Lipinski definition) is 4. The highest BCUT2D eigenvalue weighted by molar-refractivity contribution is 6.33. The summed E-state index contributed by atoms with van der Waals surface area (Å²) >= 11 is 5.96. The van der Waals surface area contributed by atoms with Crippen LogP contribution in [0.15, 0.2) is 53.6 Å². The van der Waals surface area contributed by atoms with Crippen LogP contribution in [0, 0.1) is 12.3 Å². The van der Waals surface area contributed by atoms with Crippen LogP contribution in [0.5, 0.6) is 5.75 Å². The van der Waals surface area contributed by atoms with E-state index in [1.807, 2.05) is 0 Å². The summed E-state index contributed by atoms with van der Waals surface area (Å²) in [7, 11) is 0. The SMILES string of the molecule is C#CCOc1ccc(C=NNC(=O)CCC(=O)Nc2ccccc2Cl)cc1. The lowest BCUT2D eigenvalue weighted by atomic mass is 10.2. The third-order valence-corrected chi connectivity index (χ3v) is 3.66. The number of carbonyl (C=O) groups is 2. The number of nitrogens with one attached hydrogen (secondary N) is 2. The smallest absolute Gasteiger partial charge is 0.240 e. The van der Waals surface area contributed by atoms with Crippen LogP contribution in [0.3, 0.4) is 0 Å². The zero-order valence-electron chi connectivity index (χ0n) is 14.4. The van der Waals surface area contributed by atoms with Gasteiger partial charge in [-0.3, -0.25) is 9.59 Å². The van der Waals surface area contributed by atoms with Gasteiger partial charge in [-0.05, 0) is 42.0 Å². The van der Waals surface area contributed by atoms with Crippen molar-refractivity contribution in [2.24, 2.45) is 5.10 Å². The summed E-state index contributed by atoms with van der Waals surface area (Å²) in [5, 5.41) is 6.95. The molecule has 6 nitrogen and oxygen atoms in total. The second-order valence-corrected chi connectivity index (χ2v) is 5.79. The minimum absolute atomic E-state index is 0.00644. The van der Waals surface area contributed by atoms with Crippen molar-refractivity contribution in [2.45, 2.75) is 12.8 Å². The van der Waals surface area contributed by atoms with Gasteiger partial charge in [0.1, 0.15) is 12.4 Å². The number of hydrazone groups is 1. The number of benzene rings is 2. The Morgan fingerprint density at radius 2 is 1.81 bits per heavy atom. The summed E-state index contributed by atoms with van der Waals surface area (Å²) in [6, 6.07) is 13.9. The van der Waals surface area contributed by atoms with E-state index in [0.29, 0.717) is 16.5 Å². The average Bonchev–Trinajstić information content (AvgIpc) is 2.67. The van der Waals surface area contributed by atoms with E-state index in [-0.39, 0.29) is 31.3 Å². The number of nitrogens with zero attached hydrogens (tertiary/aromatic N) is 1. The Hall–Kier alpha value is -3.30. The van der Waals surface area contributed by atoms with Crippen molar-refractivity contribution < 1.29 is 14.3 Å². The molecule has 0 unspecified atom stereocenters. The third-order valence-electron chi connectivity index (χ3n) is 3.33. The highest BCUT2D eigenvalue weighted by atomic mass is 35.5. The molecule has 0 saturated heterocycles. The molecule has 0 radical (unpaired) electrons. The molecular weight excluding hydrogens is 366 g/mol. The molecule has 2 aromatic rings. The maximum absolute atomic E-state index is 11.9. The topological polar surface area (TPSA) is 79.8 Å². The van der Waals surface area contributed by atoms with Gasteiger partial charge in [0.2, 0.25) is 11.8 Å². The highest BCUT2D eigenvalue weighted by Crippen LogP contribution is 2.20. The molecule has 0 fully saturated rings. The van der Waals surface area contributed by atoms with Crippen molar-refractivity contribution in [1.82, 2.24) is 5.43 Å². The lowest BCUT2D eigenvalue weighted by molar-refractivity contribution is -0.124. The number of para-hydroxylation sites is 1. The fourth-order valence-electron chi connectivity index (χ4n) is 2.01. The quantitative estimate of drug-likeness (QED) is 0.417. The molecule has 0 saturated carbocycles. The van der Waals surface area contributed by atoms with E-state index in [1.54, 1.807) is 48.5 Å². The molecule has 0 aromatic heterocycles. The first-order chi connectivity index (χ1) is 13.1. The van der Waals surface area contributed by atoms with Crippen LogP contribution in [0.1, 0.15) is 18.4 Å². The van der Waals surface area contributed by atoms with Gasteiger partial charge in [-0.15, -0.1) is 6.42 Å². The molecule has 0 heterocycles. The summed E-state index contributed by atoms with van der Waals surface area (Å²) in [6.45, 7) is 0.202. The van der Waals surface area contributed by atoms with Crippen molar-refractivity contribution in [1.29, 1.82) is 0 Å². The minimum Gasteiger partial charge on any atom is -0.481 e. The molecular formula is C20H18ClN3O3. The van der Waals surface area contributed by atoms with E-state index in [0.717, 1.165) is 5.56 Å². The number of ether oxygens (including phenoxy) is 1. The molecule has 2 rings (SSSR count). The molecule has 0 aliphatic rings. The number of halogens is 1. The summed E-state index contributed by atoms with van der Waals surface area (Å²) in [4.78, 5) is 23.6. The van der Waals surface area contributed by atoms with Crippen LogP contribution in [-0.4, -0.2) is 24.6 Å². The zero-order chi connectivity index (χ0) is 19.5. The molecule has 2 aromatic carbocycles. The third kappa shape index (κ3) is 7.22. The van der Waals surface area contributed by atoms with E-state index in [1.165, 1.54) is 6.21 Å². The first-order valence-electron chi connectivity index (χ1n) is 8.11. The fourth-order valence-corrected chi connectivity index (χ4v) is 2.20. The highest BCUT2D eigenvalue weighted by Gasteiger charge is 2.08. The van der Waals surface area contributed by atoms with Gasteiger partial charge in [-0.25, -0.2) is 5.43 Å². The first-order valence-corrected chi connectivity index (χ1v) is 8.49. The van der Waals surface area contributed by atoms with Gasteiger partial charge in [0.05, 0.1) is 16.9 Å². The van der Waals surface area contributed by atoms with E-state index in [2.05, 4.69) is 21.8 Å². The monoisotopic (exact) mass is 383 g/mol. The predicted molar refractivity (Wildman–Crippen MR) is 106 cm³/mol. The van der Waals surface area contributed by atoms with Crippen LogP contribution >= 0.6 is 11.6 Å². The van der Waals surface area contributed by atoms with Crippen molar-refractivity contribution in [3.05, 3.63) is 59.1 Å². The molecule has 2 N–H and O–H groups in total. The Morgan fingerprint density at radius 3 is 2.52 bits per heavy atom. The van der Waals surface area contributed by atoms with Gasteiger partial charge in [-0.1, -0.05) is 29.7 Å². The summed E-state index contributed by atoms with van der Waals surface area (Å²) in [5.41, 5.74) is 3.67. The maximum Gasteiger partial charge on any atom is 0.240 e. The molecule has 0 bridgehead atoms. The number of carbonyl (C=O) groups excluding carboxylic acids is 2. The van der Waals surface area contributed by atoms with Crippen LogP contribution in [0.25, 0.3) is 0 Å². The Labute approximate surface area is 162 Å². The number of hydrogen-bond donors (Lipinski definition) is 2. The Morgan fingerprint density at radius 1 is 1.11 bits per heavy atom. The summed E-state index contributed by atoms with van der Waals surface area (Å²) in [6.07, 6.45) is 6.64. The second kappa shape index (κ2) is 10.6. The molecule has 7 heteroatoms. The Balaban J connectivity index is 1.72. The molecule has 0 aliphatic heterocycles. The van der Waals surface area contributed by atoms with Crippen molar-refractivity contribution >= 4 is 35.3 Å². The van der Waals surface area contributed by atoms with E-state index in [4.69, 9.17) is 22.8 Å². The summed E-state index contributed by atoms with van der Waals surface area (Å²) < 4.78 is 5.26. The van der Waals surface area contributed by atoms with Crippen molar-refractivity contribution in [2.75, 3.05) is 11.9 Å². The first kappa shape index (κ1) is 20.0. The average molecular weight is 384 g/mol. The lowest BCUT2D eigenvalue weighted by Crippen LogP contribution is -2.20. The normalized spacial score (nSPS) is 10.2. The predicted octanol–water partition coefficient (Wildman–Crippen LogP) is 3.22. The standard InChI is InChI=1S/C20H18ClN3O3/c1-2-13-27-16-9-7-15(8-10-16)14-22-24-20(26)12-11-19(25)23-18-6-4-3-5-17(18)21/h1,3-10,14H,11-13H2,(H,23,25)(H,24,26). The zero-order valence-corrected chi connectivity index (χ0v) is 15.2. The molecule has 2 amide bonds. The van der Waals surface area contributed by atoms with Crippen LogP contribution in [-0.2, 0) is 9.59 Å². The fraction of sp³-hybridized carbons (Fsp3) is 0.150. The Kier molecular flexibility index (Phi) is 7.89. The van der Waals surface area contributed by atoms with E-state index < -0.39 is 0 Å². The van der Waals surface area contributed by atoms with Gasteiger partial charge in [0.25, 0.3) is 0 Å². The second-order valence-electron chi connectivity index (χ2n) is 5.38. The van der Waals surface area contributed by atoms with Gasteiger partial charge in [-0.2, -0.15) is 5.10 Å². The number of rotatable bonds is 8. The van der Waals surface area contributed by atoms with Gasteiger partial charge in [0, 0.05) is 12.8 Å². The number of terminal acetylenes is 1. The van der Waals surface area contributed by atoms with Gasteiger partial charge < -0.3 is 10.1 Å². The molecule has 0 aliphatic carbocycles. The summed E-state index contributed by atoms with van der Waals surface area (Å²) in [5.74, 6) is 2.37. The number of anilines is 1. The molecule has 0 atom stereocenters. The largest absolute Gasteiger partial charge is 0.481 e. The van der Waals surface area contributed by atoms with Crippen molar-refractivity contribution in [3.8, 4) is 18.1 Å². The molecule has 0 spiro atoms. The van der Waals surface area contributed by atoms with E-state index in [9.17, 15) is 9.59 Å². The molecule has 27 heavy (non-hydrogen) atoms. The van der Waals surface area contributed by atoms with Gasteiger partial charge in [0.15, 0.2) is 0 Å².